The summed E-state index contributed by atoms with van der Waals surface area (Å²) in [7, 11) is 0. The molecule has 17 heteroatoms. The topological polar surface area (TPSA) is 151 Å². The van der Waals surface area contributed by atoms with Gasteiger partial charge in [-0.25, -0.2) is 9.07 Å². The molecular formula is C42H44ClFN10O4S. The molecule has 4 aliphatic heterocycles. The molecule has 2 aromatic carbocycles. The van der Waals surface area contributed by atoms with Crippen molar-refractivity contribution in [3.63, 3.8) is 0 Å². The smallest absolute Gasteiger partial charge is 0.275 e. The van der Waals surface area contributed by atoms with Crippen LogP contribution in [0.3, 0.4) is 0 Å². The molecule has 4 aliphatic rings. The van der Waals surface area contributed by atoms with Gasteiger partial charge in [0, 0.05) is 78.6 Å². The van der Waals surface area contributed by atoms with Crippen molar-refractivity contribution in [1.29, 1.82) is 0 Å². The Bertz CT molecular complexity index is 2590. The number of piperidine rings is 2. The maximum atomic E-state index is 15.5. The van der Waals surface area contributed by atoms with Gasteiger partial charge in [0.15, 0.2) is 5.82 Å². The SMILES string of the molecule is Cc1sc2c(c1C)C(c1ccc(Cl)cc1)=N[C@@H](CC(=O)N1CCC(CN3CCN(c4cc5c(=O)n(C6CCC(=O)NC6=O)ncc5cc4F)CC3)CC1)c1nnc(C)n1-2. The summed E-state index contributed by atoms with van der Waals surface area (Å²) in [6, 6.07) is 9.15. The number of thiophene rings is 1. The van der Waals surface area contributed by atoms with Gasteiger partial charge in [0.2, 0.25) is 11.8 Å². The number of aliphatic imine (C=N–C) groups is 1. The molecule has 0 saturated carbocycles. The highest BCUT2D eigenvalue weighted by Gasteiger charge is 2.35. The number of imide groups is 1. The van der Waals surface area contributed by atoms with E-state index in [1.807, 2.05) is 41.0 Å². The summed E-state index contributed by atoms with van der Waals surface area (Å²) < 4.78 is 18.6. The van der Waals surface area contributed by atoms with E-state index < -0.39 is 29.4 Å². The molecule has 5 aromatic rings. The highest BCUT2D eigenvalue weighted by molar-refractivity contribution is 7.15. The summed E-state index contributed by atoms with van der Waals surface area (Å²) >= 11 is 7.96. The largest absolute Gasteiger partial charge is 0.367 e. The summed E-state index contributed by atoms with van der Waals surface area (Å²) in [4.78, 5) is 64.4. The Morgan fingerprint density at radius 2 is 1.71 bits per heavy atom. The lowest BCUT2D eigenvalue weighted by atomic mass is 9.95. The first-order valence-corrected chi connectivity index (χ1v) is 21.3. The molecule has 7 heterocycles. The monoisotopic (exact) mass is 838 g/mol. The Balaban J connectivity index is 0.835. The van der Waals surface area contributed by atoms with Crippen LogP contribution in [0.4, 0.5) is 10.1 Å². The summed E-state index contributed by atoms with van der Waals surface area (Å²) in [5.41, 5.74) is 3.79. The summed E-state index contributed by atoms with van der Waals surface area (Å²) in [5.74, 6) is 0.507. The van der Waals surface area contributed by atoms with Crippen molar-refractivity contribution in [2.24, 2.45) is 10.9 Å². The van der Waals surface area contributed by atoms with Crippen molar-refractivity contribution in [3.8, 4) is 5.00 Å². The average molecular weight is 839 g/mol. The number of rotatable bonds is 7. The number of piperazine rings is 1. The molecule has 59 heavy (non-hydrogen) atoms. The molecule has 1 unspecified atom stereocenters. The molecule has 3 amide bonds. The standard InChI is InChI=1S/C42H44ClFN10O4S/c1-23-24(2)59-42-37(23)38(27-4-6-29(43)7-5-27)46-32(39-49-48-25(3)53(39)42)20-36(56)52-12-10-26(11-13-52)22-50-14-16-51(17-15-50)34-19-30-28(18-31(34)44)21-45-54(41(30)58)33-8-9-35(55)47-40(33)57/h4-7,18-19,21,26,32-33H,8-17,20,22H2,1-3H3,(H,47,55,57)/t32-,33?/m0/s1. The molecule has 0 bridgehead atoms. The third-order valence-electron chi connectivity index (χ3n) is 12.3. The molecular weight excluding hydrogens is 795 g/mol. The lowest BCUT2D eigenvalue weighted by Gasteiger charge is -2.39. The van der Waals surface area contributed by atoms with Crippen LogP contribution in [-0.4, -0.2) is 104 Å². The van der Waals surface area contributed by atoms with Crippen LogP contribution in [0.1, 0.15) is 77.4 Å². The van der Waals surface area contributed by atoms with Crippen LogP contribution in [0.25, 0.3) is 15.8 Å². The van der Waals surface area contributed by atoms with Crippen molar-refractivity contribution in [3.05, 3.63) is 97.0 Å². The van der Waals surface area contributed by atoms with Gasteiger partial charge in [-0.15, -0.1) is 21.5 Å². The molecule has 3 fully saturated rings. The lowest BCUT2D eigenvalue weighted by molar-refractivity contribution is -0.136. The van der Waals surface area contributed by atoms with Gasteiger partial charge < -0.3 is 9.80 Å². The van der Waals surface area contributed by atoms with E-state index in [0.29, 0.717) is 54.0 Å². The second-order valence-corrected chi connectivity index (χ2v) is 17.6. The normalized spacial score (nSPS) is 20.3. The van der Waals surface area contributed by atoms with E-state index in [9.17, 15) is 19.2 Å². The fourth-order valence-electron chi connectivity index (χ4n) is 8.88. The van der Waals surface area contributed by atoms with Gasteiger partial charge in [-0.05, 0) is 75.8 Å². The zero-order valence-electron chi connectivity index (χ0n) is 33.1. The molecule has 14 nitrogen and oxygen atoms in total. The predicted molar refractivity (Wildman–Crippen MR) is 223 cm³/mol. The minimum absolute atomic E-state index is 0.0451. The van der Waals surface area contributed by atoms with Crippen molar-refractivity contribution in [1.82, 2.24) is 39.7 Å². The number of fused-ring (bicyclic) bond motifs is 4. The number of nitrogens with one attached hydrogen (secondary N) is 1. The van der Waals surface area contributed by atoms with Gasteiger partial charge >= 0.3 is 0 Å². The molecule has 0 aliphatic carbocycles. The van der Waals surface area contributed by atoms with Gasteiger partial charge in [0.05, 0.1) is 29.4 Å². The van der Waals surface area contributed by atoms with Crippen molar-refractivity contribution in [2.45, 2.75) is 65.0 Å². The minimum Gasteiger partial charge on any atom is -0.367 e. The van der Waals surface area contributed by atoms with Gasteiger partial charge in [0.25, 0.3) is 11.5 Å². The van der Waals surface area contributed by atoms with E-state index in [4.69, 9.17) is 16.6 Å². The Morgan fingerprint density at radius 3 is 2.44 bits per heavy atom. The van der Waals surface area contributed by atoms with Gasteiger partial charge in [-0.1, -0.05) is 23.7 Å². The average Bonchev–Trinajstić information content (AvgIpc) is 3.70. The van der Waals surface area contributed by atoms with E-state index >= 15 is 4.39 Å². The summed E-state index contributed by atoms with van der Waals surface area (Å²) in [5, 5.41) is 17.7. The second kappa shape index (κ2) is 15.7. The number of aromatic nitrogens is 5. The molecule has 306 valence electrons. The molecule has 3 saturated heterocycles. The molecule has 1 N–H and O–H groups in total. The summed E-state index contributed by atoms with van der Waals surface area (Å²) in [6.07, 6.45) is 3.63. The van der Waals surface area contributed by atoms with Gasteiger partial charge in [-0.3, -0.25) is 39.0 Å². The number of halogens is 2. The first-order valence-electron chi connectivity index (χ1n) is 20.1. The first-order chi connectivity index (χ1) is 28.4. The van der Waals surface area contributed by atoms with Gasteiger partial charge in [0.1, 0.15) is 28.7 Å². The number of aryl methyl sites for hydroxylation is 2. The number of likely N-dealkylation sites (tertiary alicyclic amines) is 1. The van der Waals surface area contributed by atoms with Crippen molar-refractivity contribution >= 4 is 62.8 Å². The number of hydrogen-bond acceptors (Lipinski definition) is 11. The zero-order chi connectivity index (χ0) is 41.1. The van der Waals surface area contributed by atoms with Crippen LogP contribution in [0.15, 0.2) is 52.4 Å². The van der Waals surface area contributed by atoms with Crippen LogP contribution >= 0.6 is 22.9 Å². The van der Waals surface area contributed by atoms with E-state index in [0.717, 1.165) is 70.4 Å². The van der Waals surface area contributed by atoms with E-state index in [2.05, 4.69) is 43.9 Å². The lowest BCUT2D eigenvalue weighted by Crippen LogP contribution is -2.49. The van der Waals surface area contributed by atoms with Crippen LogP contribution in [0.2, 0.25) is 5.02 Å². The molecule has 9 rings (SSSR count). The number of amides is 3. The number of hydrogen-bond donors (Lipinski definition) is 1. The highest BCUT2D eigenvalue weighted by atomic mass is 35.5. The Labute approximate surface area is 348 Å². The maximum Gasteiger partial charge on any atom is 0.275 e. The Kier molecular flexibility index (Phi) is 10.4. The second-order valence-electron chi connectivity index (χ2n) is 16.0. The van der Waals surface area contributed by atoms with Crippen molar-refractivity contribution in [2.75, 3.05) is 50.7 Å². The fourth-order valence-corrected chi connectivity index (χ4v) is 10.2. The first kappa shape index (κ1) is 39.2. The number of nitrogens with zero attached hydrogens (tertiary/aromatic N) is 9. The fraction of sp³-hybridized carbons (Fsp3) is 0.429. The quantitative estimate of drug-likeness (QED) is 0.222. The molecule has 3 aromatic heterocycles. The number of anilines is 1. The zero-order valence-corrected chi connectivity index (χ0v) is 34.7. The van der Waals surface area contributed by atoms with Crippen LogP contribution in [0, 0.1) is 32.5 Å². The Hall–Kier alpha value is -5.32. The number of carbonyl (C=O) groups is 3. The highest BCUT2D eigenvalue weighted by Crippen LogP contribution is 2.40. The van der Waals surface area contributed by atoms with Crippen LogP contribution < -0.4 is 15.8 Å². The van der Waals surface area contributed by atoms with E-state index in [-0.39, 0.29) is 36.5 Å². The molecule has 2 atom stereocenters. The van der Waals surface area contributed by atoms with E-state index in [1.165, 1.54) is 17.1 Å². The van der Waals surface area contributed by atoms with Crippen LogP contribution in [0.5, 0.6) is 0 Å². The Morgan fingerprint density at radius 1 is 0.966 bits per heavy atom. The molecule has 0 radical (unpaired) electrons. The number of carbonyl (C=O) groups excluding carboxylic acids is 3. The number of benzene rings is 2. The van der Waals surface area contributed by atoms with Crippen LogP contribution in [-0.2, 0) is 14.4 Å². The summed E-state index contributed by atoms with van der Waals surface area (Å²) in [6.45, 7) is 11.0. The van der Waals surface area contributed by atoms with Gasteiger partial charge in [-0.2, -0.15) is 5.10 Å². The maximum absolute atomic E-state index is 15.5. The third-order valence-corrected chi connectivity index (χ3v) is 13.8. The minimum atomic E-state index is -0.896. The molecule has 0 spiro atoms. The van der Waals surface area contributed by atoms with Crippen molar-refractivity contribution < 1.29 is 18.8 Å². The van der Waals surface area contributed by atoms with E-state index in [1.54, 1.807) is 17.4 Å². The predicted octanol–water partition coefficient (Wildman–Crippen LogP) is 5.08. The third kappa shape index (κ3) is 7.35.